The standard InChI is InChI=1S/C32H32F2N4O10S/c1-46-25-14-16(3-9-22(25)34)27(37-23-13-17(29(35)39)4-8-21(23)33)30(40)38-12-11-24(48-32(42)43)28(38)20-15-18(36-31(41)47-2)5-10-26(20)49(44,45)19-6-7-19/h3-5,8-10,13-15,19,24,27-28,37H,6-7,11-12H2,1-2H3,(H2,35,39)(H,36,41)(H,42,43)/t24-,27+,28+/m0/s1. The van der Waals surface area contributed by atoms with E-state index in [9.17, 15) is 37.1 Å². The number of nitrogens with one attached hydrogen (secondary N) is 2. The number of methoxy groups -OCH3 is 2. The maximum absolute atomic E-state index is 15.1. The number of halogens is 2. The number of ether oxygens (including phenoxy) is 3. The number of benzene rings is 3. The molecule has 3 amide bonds. The van der Waals surface area contributed by atoms with Crippen LogP contribution in [0.15, 0.2) is 59.5 Å². The molecule has 0 aromatic heterocycles. The van der Waals surface area contributed by atoms with Crippen molar-refractivity contribution in [2.24, 2.45) is 5.73 Å². The van der Waals surface area contributed by atoms with Crippen molar-refractivity contribution >= 4 is 45.3 Å². The monoisotopic (exact) mass is 702 g/mol. The number of carboxylic acid groups (broad SMARTS) is 1. The molecule has 1 aliphatic heterocycles. The molecule has 260 valence electrons. The average molecular weight is 703 g/mol. The van der Waals surface area contributed by atoms with Gasteiger partial charge in [0, 0.05) is 24.2 Å². The molecule has 5 N–H and O–H groups in total. The first kappa shape index (κ1) is 34.9. The molecule has 5 rings (SSSR count). The van der Waals surface area contributed by atoms with E-state index >= 15 is 4.39 Å². The fourth-order valence-corrected chi connectivity index (χ4v) is 7.61. The molecule has 1 heterocycles. The van der Waals surface area contributed by atoms with E-state index in [-0.39, 0.29) is 51.7 Å². The smallest absolute Gasteiger partial charge is 0.494 e. The number of likely N-dealkylation sites (tertiary alicyclic amines) is 1. The van der Waals surface area contributed by atoms with Crippen molar-refractivity contribution in [3.8, 4) is 5.75 Å². The quantitative estimate of drug-likeness (QED) is 0.207. The largest absolute Gasteiger partial charge is 0.506 e. The van der Waals surface area contributed by atoms with Crippen molar-refractivity contribution in [3.63, 3.8) is 0 Å². The summed E-state index contributed by atoms with van der Waals surface area (Å²) in [6, 6.07) is 7.58. The molecule has 0 unspecified atom stereocenters. The zero-order valence-corrected chi connectivity index (χ0v) is 27.0. The number of primary amides is 1. The molecule has 49 heavy (non-hydrogen) atoms. The van der Waals surface area contributed by atoms with Crippen LogP contribution in [0.3, 0.4) is 0 Å². The topological polar surface area (TPSA) is 204 Å². The van der Waals surface area contributed by atoms with Crippen LogP contribution in [0.25, 0.3) is 0 Å². The minimum absolute atomic E-state index is 0.0461. The number of nitrogens with zero attached hydrogens (tertiary/aromatic N) is 1. The Morgan fingerprint density at radius 3 is 2.33 bits per heavy atom. The molecule has 1 saturated heterocycles. The summed E-state index contributed by atoms with van der Waals surface area (Å²) in [4.78, 5) is 51.4. The molecule has 14 nitrogen and oxygen atoms in total. The van der Waals surface area contributed by atoms with Crippen molar-refractivity contribution in [2.75, 3.05) is 31.4 Å². The first-order valence-electron chi connectivity index (χ1n) is 14.9. The van der Waals surface area contributed by atoms with Crippen LogP contribution >= 0.6 is 0 Å². The summed E-state index contributed by atoms with van der Waals surface area (Å²) in [5.74, 6) is -3.61. The van der Waals surface area contributed by atoms with E-state index in [2.05, 4.69) is 15.4 Å². The molecule has 3 aromatic carbocycles. The van der Waals surface area contributed by atoms with Gasteiger partial charge in [-0.1, -0.05) is 6.07 Å². The summed E-state index contributed by atoms with van der Waals surface area (Å²) in [5.41, 5.74) is 5.07. The zero-order valence-electron chi connectivity index (χ0n) is 26.1. The normalized spacial score (nSPS) is 17.9. The zero-order chi connectivity index (χ0) is 35.6. The van der Waals surface area contributed by atoms with Gasteiger partial charge in [-0.15, -0.1) is 0 Å². The lowest BCUT2D eigenvalue weighted by atomic mass is 9.99. The lowest BCUT2D eigenvalue weighted by Crippen LogP contribution is -2.40. The Labute approximate surface area is 279 Å². The molecule has 3 atom stereocenters. The first-order valence-corrected chi connectivity index (χ1v) is 16.4. The van der Waals surface area contributed by atoms with Crippen LogP contribution in [0.5, 0.6) is 5.75 Å². The van der Waals surface area contributed by atoms with Gasteiger partial charge in [-0.05, 0) is 72.5 Å². The molecule has 2 aliphatic rings. The number of hydrogen-bond acceptors (Lipinski definition) is 10. The summed E-state index contributed by atoms with van der Waals surface area (Å²) in [6.45, 7) is -0.167. The highest BCUT2D eigenvalue weighted by Gasteiger charge is 2.47. The fraction of sp³-hybridized carbons (Fsp3) is 0.312. The van der Waals surface area contributed by atoms with E-state index in [4.69, 9.17) is 15.2 Å². The molecule has 1 aliphatic carbocycles. The SMILES string of the molecule is COC(=O)Nc1ccc(S(=O)(=O)C2CC2)c([C@@H]2[C@@H](OC(=O)O)CCN2C(=O)[C@H](Nc2cc(C(N)=O)ccc2F)c2ccc(F)c(OC)c2)c1. The van der Waals surface area contributed by atoms with E-state index in [0.717, 1.165) is 31.4 Å². The number of sulfone groups is 1. The molecular weight excluding hydrogens is 670 g/mol. The number of rotatable bonds is 11. The second kappa shape index (κ2) is 14.0. The summed E-state index contributed by atoms with van der Waals surface area (Å²) < 4.78 is 71.9. The van der Waals surface area contributed by atoms with Crippen LogP contribution in [0.4, 0.5) is 29.7 Å². The van der Waals surface area contributed by atoms with Gasteiger partial charge in [0.25, 0.3) is 0 Å². The van der Waals surface area contributed by atoms with Crippen LogP contribution in [0, 0.1) is 11.6 Å². The predicted molar refractivity (Wildman–Crippen MR) is 169 cm³/mol. The number of carbonyl (C=O) groups excluding carboxylic acids is 3. The fourth-order valence-electron chi connectivity index (χ4n) is 5.73. The summed E-state index contributed by atoms with van der Waals surface area (Å²) >= 11 is 0. The van der Waals surface area contributed by atoms with Crippen molar-refractivity contribution in [3.05, 3.63) is 82.9 Å². The van der Waals surface area contributed by atoms with E-state index in [1.54, 1.807) is 0 Å². The van der Waals surface area contributed by atoms with Gasteiger partial charge in [-0.25, -0.2) is 26.8 Å². The Kier molecular flexibility index (Phi) is 9.93. The van der Waals surface area contributed by atoms with Crippen molar-refractivity contribution < 1.29 is 55.7 Å². The minimum Gasteiger partial charge on any atom is -0.494 e. The van der Waals surface area contributed by atoms with Crippen LogP contribution in [-0.2, 0) is 24.1 Å². The van der Waals surface area contributed by atoms with Crippen molar-refractivity contribution in [1.82, 2.24) is 4.90 Å². The first-order chi connectivity index (χ1) is 23.2. The second-order valence-electron chi connectivity index (χ2n) is 11.3. The summed E-state index contributed by atoms with van der Waals surface area (Å²) in [7, 11) is -1.67. The maximum Gasteiger partial charge on any atom is 0.506 e. The van der Waals surface area contributed by atoms with E-state index in [0.29, 0.717) is 12.8 Å². The summed E-state index contributed by atoms with van der Waals surface area (Å²) in [6.07, 6.45) is -3.16. The molecule has 0 spiro atoms. The van der Waals surface area contributed by atoms with Gasteiger partial charge >= 0.3 is 12.2 Å². The van der Waals surface area contributed by atoms with E-state index < -0.39 is 69.0 Å². The molecule has 0 bridgehead atoms. The van der Waals surface area contributed by atoms with Gasteiger partial charge < -0.3 is 35.3 Å². The third kappa shape index (κ3) is 7.35. The van der Waals surface area contributed by atoms with E-state index in [1.807, 2.05) is 0 Å². The molecule has 2 fully saturated rings. The average Bonchev–Trinajstić information content (AvgIpc) is 3.85. The Morgan fingerprint density at radius 2 is 1.69 bits per heavy atom. The lowest BCUT2D eigenvalue weighted by Gasteiger charge is -2.33. The predicted octanol–water partition coefficient (Wildman–Crippen LogP) is 4.38. The third-order valence-corrected chi connectivity index (χ3v) is 10.5. The highest BCUT2D eigenvalue weighted by molar-refractivity contribution is 7.92. The Balaban J connectivity index is 1.67. The molecule has 0 radical (unpaired) electrons. The Bertz CT molecular complexity index is 1920. The number of anilines is 2. The number of carbonyl (C=O) groups is 4. The van der Waals surface area contributed by atoms with Gasteiger partial charge in [0.05, 0.1) is 36.1 Å². The molecule has 1 saturated carbocycles. The molecule has 17 heteroatoms. The third-order valence-electron chi connectivity index (χ3n) is 8.21. The highest BCUT2D eigenvalue weighted by Crippen LogP contribution is 2.44. The molecular formula is C32H32F2N4O10S. The number of nitrogens with two attached hydrogens (primary N) is 1. The van der Waals surface area contributed by atoms with Gasteiger partial charge in [0.1, 0.15) is 18.0 Å². The molecule has 3 aromatic rings. The number of amides is 3. The van der Waals surface area contributed by atoms with E-state index in [1.165, 1.54) is 42.3 Å². The second-order valence-corrected chi connectivity index (χ2v) is 13.5. The van der Waals surface area contributed by atoms with Crippen molar-refractivity contribution in [2.45, 2.75) is 47.6 Å². The van der Waals surface area contributed by atoms with Gasteiger partial charge in [-0.3, -0.25) is 14.9 Å². The van der Waals surface area contributed by atoms with Crippen LogP contribution in [0.1, 0.15) is 52.8 Å². The van der Waals surface area contributed by atoms with Crippen LogP contribution in [-0.4, -0.2) is 74.6 Å². The maximum atomic E-state index is 15.1. The summed E-state index contributed by atoms with van der Waals surface area (Å²) in [5, 5.41) is 14.1. The van der Waals surface area contributed by atoms with Gasteiger partial charge in [0.15, 0.2) is 21.4 Å². The Morgan fingerprint density at radius 1 is 0.980 bits per heavy atom. The number of hydrogen-bond donors (Lipinski definition) is 4. The lowest BCUT2D eigenvalue weighted by molar-refractivity contribution is -0.134. The minimum atomic E-state index is -3.99. The Hall–Kier alpha value is -5.45. The van der Waals surface area contributed by atoms with Gasteiger partial charge in [0.2, 0.25) is 11.8 Å². The van der Waals surface area contributed by atoms with Crippen LogP contribution in [0.2, 0.25) is 0 Å². The van der Waals surface area contributed by atoms with Crippen LogP contribution < -0.4 is 21.1 Å². The van der Waals surface area contributed by atoms with Crippen molar-refractivity contribution in [1.29, 1.82) is 0 Å². The van der Waals surface area contributed by atoms with Gasteiger partial charge in [-0.2, -0.15) is 0 Å². The highest BCUT2D eigenvalue weighted by atomic mass is 32.2.